The van der Waals surface area contributed by atoms with Crippen LogP contribution in [0.2, 0.25) is 0 Å². The second-order valence-corrected chi connectivity index (χ2v) is 32.9. The van der Waals surface area contributed by atoms with Gasteiger partial charge in [-0.05, 0) is 143 Å². The molecule has 0 bridgehead atoms. The summed E-state index contributed by atoms with van der Waals surface area (Å²) < 4.78 is 50.7. The lowest BCUT2D eigenvalue weighted by Crippen LogP contribution is -2.28. The highest BCUT2D eigenvalue weighted by Gasteiger charge is 2.43. The van der Waals surface area contributed by atoms with Gasteiger partial charge in [0.1, 0.15) is 91.7 Å². The number of ketones is 6. The molecule has 678 valence electrons. The van der Waals surface area contributed by atoms with E-state index in [0.29, 0.717) is 137 Å². The number of ether oxygens (including phenoxy) is 4. The molecule has 5 aliphatic heterocycles. The molecule has 27 heteroatoms. The molecule has 0 atom stereocenters. The Morgan fingerprint density at radius 2 is 0.548 bits per heavy atom. The van der Waals surface area contributed by atoms with Crippen LogP contribution in [0.1, 0.15) is 169 Å². The number of nitrogens with zero attached hydrogens (tertiary/aromatic N) is 15. The Morgan fingerprint density at radius 3 is 0.807 bits per heavy atom. The van der Waals surface area contributed by atoms with Crippen LogP contribution in [-0.2, 0) is 0 Å². The molecule has 0 saturated carbocycles. The molecule has 0 saturated heterocycles. The first-order chi connectivity index (χ1) is 65.1. The van der Waals surface area contributed by atoms with Gasteiger partial charge in [0.05, 0.1) is 56.3 Å². The van der Waals surface area contributed by atoms with E-state index in [4.69, 9.17) is 33.9 Å². The number of rotatable bonds is 14. The van der Waals surface area contributed by atoms with Gasteiger partial charge in [0.2, 0.25) is 29.8 Å². The van der Waals surface area contributed by atoms with Crippen molar-refractivity contribution in [1.29, 1.82) is 0 Å². The number of aryl methyl sites for hydroxylation is 1. The van der Waals surface area contributed by atoms with E-state index >= 15 is 0 Å². The van der Waals surface area contributed by atoms with Crippen molar-refractivity contribution in [2.24, 2.45) is 49.9 Å². The molecule has 0 amide bonds. The largest absolute Gasteiger partial charge is 0.497 e. The van der Waals surface area contributed by atoms with E-state index in [1.54, 1.807) is 49.5 Å². The number of aliphatic imine (C=N–C) groups is 10. The fourth-order valence-electron chi connectivity index (χ4n) is 17.3. The van der Waals surface area contributed by atoms with Crippen LogP contribution in [0.25, 0.3) is 27.9 Å². The lowest BCUT2D eigenvalue weighted by molar-refractivity contribution is 0.101. The molecule has 135 heavy (non-hydrogen) atoms. The molecule has 5 aliphatic carbocycles. The zero-order chi connectivity index (χ0) is 95.8. The molecule has 10 aromatic carbocycles. The molecule has 0 aromatic heterocycles. The first-order valence-corrected chi connectivity index (χ1v) is 44.0. The summed E-state index contributed by atoms with van der Waals surface area (Å²) in [5, 5.41) is 0. The highest BCUT2D eigenvalue weighted by molar-refractivity contribution is 6.48. The van der Waals surface area contributed by atoms with E-state index in [0.717, 1.165) is 110 Å². The first-order valence-electron chi connectivity index (χ1n) is 44.0. The molecule has 0 spiro atoms. The van der Waals surface area contributed by atoms with Crippen LogP contribution in [0.4, 0.5) is 8.78 Å². The van der Waals surface area contributed by atoms with E-state index in [1.807, 2.05) is 237 Å². The van der Waals surface area contributed by atoms with Crippen molar-refractivity contribution in [1.82, 2.24) is 24.5 Å². The maximum Gasteiger partial charge on any atom is 0.226 e. The molecule has 5 heterocycles. The summed E-state index contributed by atoms with van der Waals surface area (Å²) in [6.45, 7) is 18.6. The van der Waals surface area contributed by atoms with E-state index in [1.165, 1.54) is 57.5 Å². The summed E-state index contributed by atoms with van der Waals surface area (Å²) in [7, 11) is 17.5. The molecule has 0 unspecified atom stereocenters. The number of allylic oxidation sites excluding steroid dienone is 10. The monoisotopic (exact) mass is 1800 g/mol. The number of methoxy groups -OCH3 is 4. The van der Waals surface area contributed by atoms with Crippen molar-refractivity contribution in [3.63, 3.8) is 0 Å². The number of Topliss-reactive ketones (excluding diaryl/α,β-unsaturated/α-hetero) is 6. The van der Waals surface area contributed by atoms with Crippen molar-refractivity contribution in [2.75, 3.05) is 96.9 Å². The van der Waals surface area contributed by atoms with Gasteiger partial charge in [0.15, 0.2) is 34.7 Å². The highest BCUT2D eigenvalue weighted by atomic mass is 19.1. The Hall–Kier alpha value is -16.3. The molecule has 20 rings (SSSR count). The average molecular weight is 1800 g/mol. The van der Waals surface area contributed by atoms with Gasteiger partial charge in [-0.1, -0.05) is 158 Å². The SMILES string of the molecule is CC(=O)c1ccc(C2=C3N=C(N(C)C)N=C3c3ccccc3C2=O)c(C)c1.CCN(CC)C1=NC2=C(c3cc(OC)ccc3F)C(=O)c3ccccc3C2=N1.CCN(CC)C1=NC2=C(c3cccc(OC)c3C)C(=O)c3ccccc3C2=N1.COc1ccc(F)c(C2=C3N=C(N(C)C)N=C3c3ccccc3C2=O)c1.COc1cccc(C2=C3N=C(N(C)C)N=C3c3ccccc3C2=O)c1C. The predicted octanol–water partition coefficient (Wildman–Crippen LogP) is 18.1. The lowest BCUT2D eigenvalue weighted by atomic mass is 9.82. The summed E-state index contributed by atoms with van der Waals surface area (Å²) >= 11 is 0. The third-order valence-corrected chi connectivity index (χ3v) is 24.3. The number of carbonyl (C=O) groups is 6. The molecular weight excluding hydrogens is 1710 g/mol. The maximum atomic E-state index is 14.7. The van der Waals surface area contributed by atoms with Crippen LogP contribution in [-0.4, -0.2) is 214 Å². The van der Waals surface area contributed by atoms with Gasteiger partial charge in [0.25, 0.3) is 0 Å². The zero-order valence-electron chi connectivity index (χ0n) is 78.1. The fraction of sp³-hybridized carbons (Fsp3) is 0.204. The molecule has 10 aliphatic rings. The molecule has 0 radical (unpaired) electrons. The number of halogens is 2. The molecule has 10 aromatic rings. The molecule has 0 N–H and O–H groups in total. The van der Waals surface area contributed by atoms with E-state index < -0.39 is 11.6 Å². The summed E-state index contributed by atoms with van der Waals surface area (Å²) in [5.41, 5.74) is 21.2. The van der Waals surface area contributed by atoms with Crippen LogP contribution in [0.15, 0.2) is 291 Å². The predicted molar refractivity (Wildman–Crippen MR) is 528 cm³/mol. The number of fused-ring (bicyclic) bond motifs is 15. The minimum absolute atomic E-state index is 0.00125. The first kappa shape index (κ1) is 92.0. The average Bonchev–Trinajstić information content (AvgIpc) is 1.67. The van der Waals surface area contributed by atoms with E-state index in [2.05, 4.69) is 53.7 Å². The number of hydrogen-bond donors (Lipinski definition) is 0. The minimum atomic E-state index is -0.506. The smallest absolute Gasteiger partial charge is 0.226 e. The van der Waals surface area contributed by atoms with Gasteiger partial charge in [-0.2, -0.15) is 0 Å². The van der Waals surface area contributed by atoms with Crippen molar-refractivity contribution in [3.8, 4) is 23.0 Å². The van der Waals surface area contributed by atoms with Crippen molar-refractivity contribution in [3.05, 3.63) is 358 Å². The minimum Gasteiger partial charge on any atom is -0.497 e. The van der Waals surface area contributed by atoms with Gasteiger partial charge in [-0.3, -0.25) is 28.8 Å². The normalized spacial score (nSPS) is 15.2. The van der Waals surface area contributed by atoms with Gasteiger partial charge in [-0.15, -0.1) is 0 Å². The molecule has 0 fully saturated rings. The zero-order valence-corrected chi connectivity index (χ0v) is 78.1. The van der Waals surface area contributed by atoms with Gasteiger partial charge in [0, 0.05) is 141 Å². The van der Waals surface area contributed by atoms with Crippen LogP contribution in [0.5, 0.6) is 23.0 Å². The third kappa shape index (κ3) is 16.9. The molecule has 25 nitrogen and oxygen atoms in total. The fourth-order valence-corrected chi connectivity index (χ4v) is 17.3. The second-order valence-electron chi connectivity index (χ2n) is 32.9. The maximum absolute atomic E-state index is 14.7. The topological polar surface area (TPSA) is 279 Å². The van der Waals surface area contributed by atoms with Crippen molar-refractivity contribution >= 4 is 121 Å². The Labute approximate surface area is 780 Å². The van der Waals surface area contributed by atoms with Crippen LogP contribution in [0, 0.1) is 32.4 Å². The van der Waals surface area contributed by atoms with Crippen LogP contribution < -0.4 is 18.9 Å². The van der Waals surface area contributed by atoms with Crippen molar-refractivity contribution < 1.29 is 56.5 Å². The Morgan fingerprint density at radius 1 is 0.289 bits per heavy atom. The second kappa shape index (κ2) is 38.2. The van der Waals surface area contributed by atoms with Gasteiger partial charge < -0.3 is 43.4 Å². The third-order valence-electron chi connectivity index (χ3n) is 24.3. The summed E-state index contributed by atoms with van der Waals surface area (Å²) in [6.07, 6.45) is 0. The van der Waals surface area contributed by atoms with Crippen molar-refractivity contribution in [2.45, 2.75) is 55.4 Å². The summed E-state index contributed by atoms with van der Waals surface area (Å²) in [5.74, 6) is 3.62. The highest BCUT2D eigenvalue weighted by Crippen LogP contribution is 2.46. The van der Waals surface area contributed by atoms with Gasteiger partial charge >= 0.3 is 0 Å². The van der Waals surface area contributed by atoms with Gasteiger partial charge in [-0.25, -0.2) is 58.7 Å². The summed E-state index contributed by atoms with van der Waals surface area (Å²) in [4.78, 5) is 135. The number of benzene rings is 10. The number of hydrogen-bond acceptors (Lipinski definition) is 25. The molecular formula is C108H97F2N15O10. The lowest BCUT2D eigenvalue weighted by Gasteiger charge is -2.21. The van der Waals surface area contributed by atoms with E-state index in [-0.39, 0.29) is 57.0 Å². The standard InChI is InChI=1S/C23H23N3O2.C22H20FN3O2.C22H19N3O2.C21H19N3O2.C20H16FN3O2/c1-5-26(6-2)23-24-20-16-10-7-8-11-17(16)22(27)19(21(20)25-23)15-12-9-13-18(28-4)14(15)3;1-4-26(5-2)22-24-19-14-8-6-7-9-15(14)21(27)18(20(19)25-22)16-12-13(28-3)10-11-17(16)23;1-12-11-14(13(2)26)9-10-15(12)18-20-19(23-22(24-20)25(3)4)16-7-5-6-8-17(16)21(18)27;1-12-13(10-7-11-16(12)26-4)17-19-18(22-21(23-19)24(2)3)14-8-5-6-9-15(14)20(17)25;1-24(2)20-22-17-12-6-4-5-7-13(12)19(25)16(18(17)23-20)14-10-11(26-3)8-9-15(14)21/h7-13H,5-6H2,1-4H3;6-12H,4-5H2,1-3H3;5-11H,1-4H3;5-11H,1-4H3;4-10H,1-3H3. The Balaban J connectivity index is 0.000000123. The van der Waals surface area contributed by atoms with Crippen LogP contribution >= 0.6 is 0 Å². The van der Waals surface area contributed by atoms with Crippen LogP contribution in [0.3, 0.4) is 0 Å². The summed E-state index contributed by atoms with van der Waals surface area (Å²) in [6, 6.07) is 62.7. The van der Waals surface area contributed by atoms with E-state index in [9.17, 15) is 37.5 Å². The quantitative estimate of drug-likeness (QED) is 0.0915. The number of guanidine groups is 5. The Kier molecular flexibility index (Phi) is 26.1. The Bertz CT molecular complexity index is 7040. The number of carbonyl (C=O) groups excluding carboxylic acids is 6.